The van der Waals surface area contributed by atoms with Gasteiger partial charge in [0.15, 0.2) is 9.84 Å². The topological polar surface area (TPSA) is 74.8 Å². The number of sulfone groups is 1. The first-order valence-corrected chi connectivity index (χ1v) is 12.8. The Hall–Kier alpha value is -1.11. The average Bonchev–Trinajstić information content (AvgIpc) is 2.65. The third-order valence-electron chi connectivity index (χ3n) is 7.75. The molecule has 1 saturated heterocycles. The minimum absolute atomic E-state index is 0.0460. The molecule has 0 spiro atoms. The molecule has 28 heavy (non-hydrogen) atoms. The summed E-state index contributed by atoms with van der Waals surface area (Å²) in [6.07, 6.45) is 7.65. The minimum Gasteiger partial charge on any atom is -0.339 e. The molecule has 4 bridgehead atoms. The molecule has 2 amide bonds. The maximum absolute atomic E-state index is 13.4. The molecule has 4 aliphatic carbocycles. The smallest absolute Gasteiger partial charge is 0.240 e. The summed E-state index contributed by atoms with van der Waals surface area (Å²) in [4.78, 5) is 29.7. The number of carbonyl (C=O) groups excluding carboxylic acids is 2. The molecular weight excluding hydrogens is 376 g/mol. The molecule has 7 heteroatoms. The molecule has 1 heterocycles. The first-order valence-electron chi connectivity index (χ1n) is 11.0. The van der Waals surface area contributed by atoms with E-state index in [1.165, 1.54) is 26.2 Å². The van der Waals surface area contributed by atoms with Gasteiger partial charge in [-0.2, -0.15) is 0 Å². The molecule has 158 valence electrons. The highest BCUT2D eigenvalue weighted by atomic mass is 32.2. The Morgan fingerprint density at radius 1 is 0.929 bits per heavy atom. The molecule has 6 nitrogen and oxygen atoms in total. The Labute approximate surface area is 168 Å². The van der Waals surface area contributed by atoms with Crippen molar-refractivity contribution in [3.8, 4) is 0 Å². The van der Waals surface area contributed by atoms with Crippen LogP contribution in [0.2, 0.25) is 0 Å². The summed E-state index contributed by atoms with van der Waals surface area (Å²) in [7, 11) is -3.39. The second-order valence-electron chi connectivity index (χ2n) is 9.82. The van der Waals surface area contributed by atoms with Crippen LogP contribution in [-0.4, -0.2) is 67.2 Å². The van der Waals surface area contributed by atoms with Crippen LogP contribution in [0.5, 0.6) is 0 Å². The van der Waals surface area contributed by atoms with Gasteiger partial charge >= 0.3 is 0 Å². The average molecular weight is 411 g/mol. The summed E-state index contributed by atoms with van der Waals surface area (Å²) < 4.78 is 24.5. The second kappa shape index (κ2) is 7.29. The van der Waals surface area contributed by atoms with Crippen molar-refractivity contribution in [2.24, 2.45) is 23.2 Å². The van der Waals surface area contributed by atoms with Crippen molar-refractivity contribution in [2.75, 3.05) is 31.9 Å². The van der Waals surface area contributed by atoms with Crippen LogP contribution in [-0.2, 0) is 19.4 Å². The van der Waals surface area contributed by atoms with Gasteiger partial charge < -0.3 is 9.80 Å². The molecule has 0 N–H and O–H groups in total. The number of nitrogens with zero attached hydrogens (tertiary/aromatic N) is 2. The Morgan fingerprint density at radius 2 is 1.39 bits per heavy atom. The van der Waals surface area contributed by atoms with Gasteiger partial charge in [-0.3, -0.25) is 9.59 Å². The molecule has 1 atom stereocenters. The number of hydrogen-bond acceptors (Lipinski definition) is 4. The lowest BCUT2D eigenvalue weighted by molar-refractivity contribution is -0.160. The van der Waals surface area contributed by atoms with E-state index in [9.17, 15) is 18.0 Å². The molecule has 0 radical (unpaired) electrons. The standard InChI is InChI=1S/C21H34N2O4S/c1-3-8-28(26,27)15(2)19(24)22-4-6-23(7-5-22)20(25)21-12-16-9-17(13-21)11-18(10-16)14-21/h15-18H,3-14H2,1-2H3. The summed E-state index contributed by atoms with van der Waals surface area (Å²) in [5.74, 6) is 2.26. The summed E-state index contributed by atoms with van der Waals surface area (Å²) in [5.41, 5.74) is -0.140. The largest absolute Gasteiger partial charge is 0.339 e. The van der Waals surface area contributed by atoms with Crippen LogP contribution >= 0.6 is 0 Å². The minimum atomic E-state index is -3.39. The molecular formula is C21H34N2O4S. The highest BCUT2D eigenvalue weighted by Gasteiger charge is 2.55. The van der Waals surface area contributed by atoms with Crippen LogP contribution < -0.4 is 0 Å². The molecule has 0 aromatic rings. The summed E-state index contributed by atoms with van der Waals surface area (Å²) >= 11 is 0. The van der Waals surface area contributed by atoms with Gasteiger partial charge in [0.25, 0.3) is 0 Å². The van der Waals surface area contributed by atoms with Crippen molar-refractivity contribution in [3.05, 3.63) is 0 Å². The first kappa shape index (κ1) is 20.2. The van der Waals surface area contributed by atoms with Crippen LogP contribution in [0.1, 0.15) is 58.8 Å². The van der Waals surface area contributed by atoms with E-state index in [2.05, 4.69) is 0 Å². The van der Waals surface area contributed by atoms with Crippen LogP contribution in [0, 0.1) is 23.2 Å². The van der Waals surface area contributed by atoms with Crippen molar-refractivity contribution in [1.82, 2.24) is 9.80 Å². The Balaban J connectivity index is 1.37. The number of rotatable bonds is 5. The van der Waals surface area contributed by atoms with Gasteiger partial charge in [0, 0.05) is 26.2 Å². The number of hydrogen-bond donors (Lipinski definition) is 0. The molecule has 5 aliphatic rings. The molecule has 5 fully saturated rings. The van der Waals surface area contributed by atoms with Gasteiger partial charge in [0.2, 0.25) is 11.8 Å². The third kappa shape index (κ3) is 3.48. The normalized spacial score (nSPS) is 35.9. The predicted molar refractivity (Wildman–Crippen MR) is 107 cm³/mol. The van der Waals surface area contributed by atoms with Crippen LogP contribution in [0.4, 0.5) is 0 Å². The Kier molecular flexibility index (Phi) is 5.26. The monoisotopic (exact) mass is 410 g/mol. The van der Waals surface area contributed by atoms with E-state index < -0.39 is 15.1 Å². The predicted octanol–water partition coefficient (Wildman–Crippen LogP) is 2.09. The molecule has 1 aliphatic heterocycles. The van der Waals surface area contributed by atoms with Crippen molar-refractivity contribution < 1.29 is 18.0 Å². The van der Waals surface area contributed by atoms with Gasteiger partial charge in [0.1, 0.15) is 5.25 Å². The van der Waals surface area contributed by atoms with Crippen molar-refractivity contribution in [1.29, 1.82) is 0 Å². The van der Waals surface area contributed by atoms with E-state index >= 15 is 0 Å². The first-order chi connectivity index (χ1) is 13.2. The van der Waals surface area contributed by atoms with Crippen LogP contribution in [0.3, 0.4) is 0 Å². The molecule has 5 rings (SSSR count). The molecule has 4 saturated carbocycles. The van der Waals surface area contributed by atoms with Crippen molar-refractivity contribution >= 4 is 21.7 Å². The zero-order valence-electron chi connectivity index (χ0n) is 17.2. The van der Waals surface area contributed by atoms with Crippen molar-refractivity contribution in [3.63, 3.8) is 0 Å². The lowest BCUT2D eigenvalue weighted by Gasteiger charge is -2.57. The van der Waals surface area contributed by atoms with Crippen LogP contribution in [0.25, 0.3) is 0 Å². The zero-order chi connectivity index (χ0) is 20.1. The Morgan fingerprint density at radius 3 is 1.86 bits per heavy atom. The van der Waals surface area contributed by atoms with Gasteiger partial charge in [0.05, 0.1) is 11.2 Å². The van der Waals surface area contributed by atoms with Crippen LogP contribution in [0.15, 0.2) is 0 Å². The van der Waals surface area contributed by atoms with Gasteiger partial charge in [-0.25, -0.2) is 8.42 Å². The molecule has 0 aromatic heterocycles. The SMILES string of the molecule is CCCS(=O)(=O)C(C)C(=O)N1CCN(C(=O)C23CC4CC(CC(C4)C2)C3)CC1. The highest BCUT2D eigenvalue weighted by molar-refractivity contribution is 7.92. The number of piperazine rings is 1. The summed E-state index contributed by atoms with van der Waals surface area (Å²) in [6, 6.07) is 0. The number of carbonyl (C=O) groups is 2. The fraction of sp³-hybridized carbons (Fsp3) is 0.905. The molecule has 1 unspecified atom stereocenters. The van der Waals surface area contributed by atoms with Gasteiger partial charge in [-0.15, -0.1) is 0 Å². The van der Waals surface area contributed by atoms with E-state index in [0.717, 1.165) is 37.0 Å². The van der Waals surface area contributed by atoms with Gasteiger partial charge in [-0.1, -0.05) is 6.92 Å². The van der Waals surface area contributed by atoms with Gasteiger partial charge in [-0.05, 0) is 69.6 Å². The fourth-order valence-electron chi connectivity index (χ4n) is 6.71. The second-order valence-corrected chi connectivity index (χ2v) is 12.3. The maximum Gasteiger partial charge on any atom is 0.240 e. The van der Waals surface area contributed by atoms with E-state index in [1.807, 2.05) is 11.8 Å². The van der Waals surface area contributed by atoms with E-state index in [4.69, 9.17) is 0 Å². The van der Waals surface area contributed by atoms with E-state index in [-0.39, 0.29) is 17.1 Å². The zero-order valence-corrected chi connectivity index (χ0v) is 18.0. The quantitative estimate of drug-likeness (QED) is 0.696. The third-order valence-corrected chi connectivity index (χ3v) is 10.0. The fourth-order valence-corrected chi connectivity index (χ4v) is 8.09. The lowest BCUT2D eigenvalue weighted by Crippen LogP contribution is -2.59. The lowest BCUT2D eigenvalue weighted by atomic mass is 9.49. The highest BCUT2D eigenvalue weighted by Crippen LogP contribution is 2.60. The summed E-state index contributed by atoms with van der Waals surface area (Å²) in [6.45, 7) is 5.27. The van der Waals surface area contributed by atoms with Crippen molar-refractivity contribution in [2.45, 2.75) is 64.0 Å². The summed E-state index contributed by atoms with van der Waals surface area (Å²) in [5, 5.41) is -0.988. The number of amides is 2. The Bertz CT molecular complexity index is 704. The van der Waals surface area contributed by atoms with E-state index in [0.29, 0.717) is 38.5 Å². The molecule has 0 aromatic carbocycles. The van der Waals surface area contributed by atoms with E-state index in [1.54, 1.807) is 4.90 Å². The maximum atomic E-state index is 13.4.